The van der Waals surface area contributed by atoms with E-state index in [1.54, 1.807) is 25.3 Å². The van der Waals surface area contributed by atoms with Gasteiger partial charge in [0.25, 0.3) is 0 Å². The molecule has 0 bridgehead atoms. The van der Waals surface area contributed by atoms with Crippen LogP contribution in [0, 0.1) is 0 Å². The molecule has 0 amide bonds. The number of nitrogens with two attached hydrogens (primary N) is 1. The lowest BCUT2D eigenvalue weighted by atomic mass is 10.1. The van der Waals surface area contributed by atoms with Crippen molar-refractivity contribution in [1.82, 2.24) is 10.6 Å². The Morgan fingerprint density at radius 1 is 1.14 bits per heavy atom. The van der Waals surface area contributed by atoms with Gasteiger partial charge in [0.1, 0.15) is 5.75 Å². The predicted molar refractivity (Wildman–Crippen MR) is 117 cm³/mol. The summed E-state index contributed by atoms with van der Waals surface area (Å²) in [6.07, 6.45) is 1.44. The average Bonchev–Trinajstić information content (AvgIpc) is 2.69. The summed E-state index contributed by atoms with van der Waals surface area (Å²) in [6, 6.07) is 12.2. The Hall–Kier alpha value is -2.29. The van der Waals surface area contributed by atoms with E-state index in [1.807, 2.05) is 19.1 Å². The van der Waals surface area contributed by atoms with E-state index in [1.165, 1.54) is 12.1 Å². The third-order valence-corrected chi connectivity index (χ3v) is 5.49. The molecule has 0 aromatic heterocycles. The number of benzene rings is 2. The lowest BCUT2D eigenvalue weighted by Gasteiger charge is -2.12. The molecule has 2 aromatic rings. The van der Waals surface area contributed by atoms with Gasteiger partial charge < -0.3 is 15.4 Å². The molecule has 0 unspecified atom stereocenters. The van der Waals surface area contributed by atoms with Gasteiger partial charge in [-0.05, 0) is 55.2 Å². The van der Waals surface area contributed by atoms with Gasteiger partial charge >= 0.3 is 0 Å². The first-order chi connectivity index (χ1) is 13.8. The fourth-order valence-electron chi connectivity index (χ4n) is 2.66. The normalized spacial score (nSPS) is 11.9. The molecular formula is C20H27ClN4O3S. The summed E-state index contributed by atoms with van der Waals surface area (Å²) >= 11 is 6.27. The van der Waals surface area contributed by atoms with Crippen molar-refractivity contribution in [3.8, 4) is 5.75 Å². The number of ether oxygens (including phenoxy) is 1. The number of methoxy groups -OCH3 is 1. The van der Waals surface area contributed by atoms with E-state index in [0.29, 0.717) is 24.5 Å². The highest BCUT2D eigenvalue weighted by molar-refractivity contribution is 7.89. The fraction of sp³-hybridized carbons (Fsp3) is 0.350. The van der Waals surface area contributed by atoms with Crippen molar-refractivity contribution in [2.24, 2.45) is 10.1 Å². The zero-order valence-corrected chi connectivity index (χ0v) is 18.2. The molecule has 7 nitrogen and oxygen atoms in total. The second-order valence-electron chi connectivity index (χ2n) is 6.33. The van der Waals surface area contributed by atoms with Crippen molar-refractivity contribution in [2.75, 3.05) is 26.7 Å². The largest absolute Gasteiger partial charge is 0.497 e. The number of primary sulfonamides is 1. The summed E-state index contributed by atoms with van der Waals surface area (Å²) in [4.78, 5) is 4.69. The molecule has 0 spiro atoms. The van der Waals surface area contributed by atoms with Crippen LogP contribution in [0.15, 0.2) is 52.4 Å². The van der Waals surface area contributed by atoms with Crippen LogP contribution in [0.2, 0.25) is 5.02 Å². The van der Waals surface area contributed by atoms with Crippen LogP contribution in [-0.4, -0.2) is 41.1 Å². The molecule has 29 heavy (non-hydrogen) atoms. The van der Waals surface area contributed by atoms with Crippen molar-refractivity contribution < 1.29 is 13.2 Å². The van der Waals surface area contributed by atoms with Crippen LogP contribution in [0.5, 0.6) is 5.75 Å². The van der Waals surface area contributed by atoms with Crippen molar-refractivity contribution in [2.45, 2.75) is 24.7 Å². The van der Waals surface area contributed by atoms with Crippen LogP contribution < -0.4 is 20.5 Å². The van der Waals surface area contributed by atoms with E-state index in [9.17, 15) is 8.42 Å². The summed E-state index contributed by atoms with van der Waals surface area (Å²) < 4.78 is 27.8. The minimum absolute atomic E-state index is 0.112. The topological polar surface area (TPSA) is 106 Å². The number of rotatable bonds is 9. The minimum Gasteiger partial charge on any atom is -0.497 e. The molecule has 0 aliphatic heterocycles. The maximum Gasteiger partial charge on any atom is 0.238 e. The van der Waals surface area contributed by atoms with Crippen molar-refractivity contribution in [1.29, 1.82) is 0 Å². The Bertz CT molecular complexity index is 931. The van der Waals surface area contributed by atoms with Crippen molar-refractivity contribution in [3.63, 3.8) is 0 Å². The van der Waals surface area contributed by atoms with Crippen LogP contribution in [0.3, 0.4) is 0 Å². The van der Waals surface area contributed by atoms with Crippen LogP contribution in [-0.2, 0) is 22.9 Å². The molecule has 0 atom stereocenters. The lowest BCUT2D eigenvalue weighted by Crippen LogP contribution is -2.38. The quantitative estimate of drug-likeness (QED) is 0.411. The molecule has 0 radical (unpaired) electrons. The molecule has 2 aromatic carbocycles. The Kier molecular flexibility index (Phi) is 8.75. The van der Waals surface area contributed by atoms with Crippen LogP contribution in [0.1, 0.15) is 18.1 Å². The Morgan fingerprint density at radius 2 is 1.86 bits per heavy atom. The van der Waals surface area contributed by atoms with E-state index in [0.717, 1.165) is 35.8 Å². The standard InChI is InChI=1S/C20H27ClN4O3S/c1-3-23-20(25-13-11-16-6-7-17(28-2)14-19(16)21)24-12-10-15-4-8-18(9-5-15)29(22,26)27/h4-9,14H,3,10-13H2,1-2H3,(H2,22,26,27)(H2,23,24,25). The first-order valence-corrected chi connectivity index (χ1v) is 11.2. The molecule has 2 rings (SSSR count). The van der Waals surface area contributed by atoms with Gasteiger partial charge in [-0.25, -0.2) is 13.6 Å². The number of guanidine groups is 1. The number of halogens is 1. The Morgan fingerprint density at radius 3 is 2.45 bits per heavy atom. The molecule has 4 N–H and O–H groups in total. The number of nitrogens with zero attached hydrogens (tertiary/aromatic N) is 1. The third-order valence-electron chi connectivity index (χ3n) is 4.21. The molecule has 0 aliphatic rings. The van der Waals surface area contributed by atoms with Gasteiger partial charge in [0.2, 0.25) is 10.0 Å². The summed E-state index contributed by atoms with van der Waals surface area (Å²) in [5.74, 6) is 1.45. The van der Waals surface area contributed by atoms with E-state index < -0.39 is 10.0 Å². The maximum atomic E-state index is 11.3. The average molecular weight is 439 g/mol. The molecule has 0 fully saturated rings. The lowest BCUT2D eigenvalue weighted by molar-refractivity contribution is 0.414. The number of hydrogen-bond donors (Lipinski definition) is 3. The first kappa shape index (κ1) is 23.0. The van der Waals surface area contributed by atoms with Gasteiger partial charge in [-0.2, -0.15) is 0 Å². The van der Waals surface area contributed by atoms with Gasteiger partial charge in [-0.15, -0.1) is 0 Å². The second-order valence-corrected chi connectivity index (χ2v) is 8.30. The summed E-state index contributed by atoms with van der Waals surface area (Å²) in [7, 11) is -2.05. The molecule has 0 saturated heterocycles. The number of hydrogen-bond acceptors (Lipinski definition) is 4. The smallest absolute Gasteiger partial charge is 0.238 e. The highest BCUT2D eigenvalue weighted by Crippen LogP contribution is 2.22. The molecular weight excluding hydrogens is 412 g/mol. The molecule has 9 heteroatoms. The Balaban J connectivity index is 1.87. The van der Waals surface area contributed by atoms with Crippen LogP contribution >= 0.6 is 11.6 Å². The van der Waals surface area contributed by atoms with Gasteiger partial charge in [0.05, 0.1) is 12.0 Å². The summed E-state index contributed by atoms with van der Waals surface area (Å²) in [6.45, 7) is 4.00. The SMILES string of the molecule is CCNC(=NCCc1ccc(OC)cc1Cl)NCCc1ccc(S(N)(=O)=O)cc1. The van der Waals surface area contributed by atoms with E-state index in [4.69, 9.17) is 21.5 Å². The summed E-state index contributed by atoms with van der Waals surface area (Å²) in [5.41, 5.74) is 2.02. The van der Waals surface area contributed by atoms with Crippen LogP contribution in [0.4, 0.5) is 0 Å². The number of sulfonamides is 1. The number of nitrogens with one attached hydrogen (secondary N) is 2. The highest BCUT2D eigenvalue weighted by Gasteiger charge is 2.07. The number of aliphatic imine (C=N–C) groups is 1. The van der Waals surface area contributed by atoms with E-state index in [2.05, 4.69) is 15.6 Å². The Labute approximate surface area is 177 Å². The van der Waals surface area contributed by atoms with E-state index in [-0.39, 0.29) is 4.90 Å². The fourth-order valence-corrected chi connectivity index (χ4v) is 3.44. The zero-order chi connectivity index (χ0) is 21.3. The first-order valence-electron chi connectivity index (χ1n) is 9.30. The van der Waals surface area contributed by atoms with Crippen molar-refractivity contribution in [3.05, 3.63) is 58.6 Å². The maximum absolute atomic E-state index is 11.3. The van der Waals surface area contributed by atoms with E-state index >= 15 is 0 Å². The predicted octanol–water partition coefficient (Wildman–Crippen LogP) is 2.34. The molecule has 0 aliphatic carbocycles. The second kappa shape index (κ2) is 11.0. The van der Waals surface area contributed by atoms with Gasteiger partial charge in [-0.1, -0.05) is 29.8 Å². The summed E-state index contributed by atoms with van der Waals surface area (Å²) in [5, 5.41) is 12.3. The van der Waals surface area contributed by atoms with Crippen LogP contribution in [0.25, 0.3) is 0 Å². The van der Waals surface area contributed by atoms with Gasteiger partial charge in [0, 0.05) is 24.7 Å². The minimum atomic E-state index is -3.66. The molecule has 0 heterocycles. The highest BCUT2D eigenvalue weighted by atomic mass is 35.5. The third kappa shape index (κ3) is 7.56. The monoisotopic (exact) mass is 438 g/mol. The van der Waals surface area contributed by atoms with Crippen molar-refractivity contribution >= 4 is 27.6 Å². The molecule has 0 saturated carbocycles. The van der Waals surface area contributed by atoms with Gasteiger partial charge in [0.15, 0.2) is 5.96 Å². The zero-order valence-electron chi connectivity index (χ0n) is 16.6. The molecule has 158 valence electrons. The van der Waals surface area contributed by atoms with Gasteiger partial charge in [-0.3, -0.25) is 4.99 Å².